The molecule has 0 aliphatic carbocycles. The Morgan fingerprint density at radius 3 is 2.15 bits per heavy atom. The van der Waals surface area contributed by atoms with Gasteiger partial charge in [-0.25, -0.2) is 26.9 Å². The Balaban J connectivity index is 2.21. The highest BCUT2D eigenvalue weighted by Gasteiger charge is 2.31. The fourth-order valence-corrected chi connectivity index (χ4v) is 2.96. The number of nitrogens with zero attached hydrogens (tertiary/aromatic N) is 1. The topological polar surface area (TPSA) is 39.2 Å². The van der Waals surface area contributed by atoms with E-state index < -0.39 is 40.4 Å². The van der Waals surface area contributed by atoms with E-state index >= 15 is 0 Å². The van der Waals surface area contributed by atoms with Gasteiger partial charge in [-0.05, 0) is 18.2 Å². The number of thiazole rings is 1. The number of carbonyl (C=O) groups excluding carboxylic acids is 1. The van der Waals surface area contributed by atoms with E-state index in [-0.39, 0.29) is 11.3 Å². The van der Waals surface area contributed by atoms with Gasteiger partial charge in [-0.3, -0.25) is 4.79 Å². The van der Waals surface area contributed by atoms with Crippen LogP contribution in [0.2, 0.25) is 0 Å². The Morgan fingerprint density at radius 1 is 1.00 bits per heavy atom. The van der Waals surface area contributed by atoms with Gasteiger partial charge in [-0.15, -0.1) is 11.3 Å². The maximum Gasteiger partial charge on any atom is 0.202 e. The van der Waals surface area contributed by atoms with Crippen LogP contribution < -0.4 is 4.74 Å². The van der Waals surface area contributed by atoms with E-state index in [1.807, 2.05) is 0 Å². The van der Waals surface area contributed by atoms with Gasteiger partial charge in [-0.2, -0.15) is 0 Å². The smallest absolute Gasteiger partial charge is 0.202 e. The minimum Gasteiger partial charge on any atom is -0.496 e. The Bertz CT molecular complexity index is 976. The van der Waals surface area contributed by atoms with Gasteiger partial charge in [-0.1, -0.05) is 0 Å². The van der Waals surface area contributed by atoms with Crippen molar-refractivity contribution < 1.29 is 31.5 Å². The molecule has 0 unspecified atom stereocenters. The fourth-order valence-electron chi connectivity index (χ4n) is 2.32. The van der Waals surface area contributed by atoms with E-state index in [2.05, 4.69) is 4.98 Å². The second-order valence-corrected chi connectivity index (χ2v) is 5.92. The number of hydrogen-bond acceptors (Lipinski definition) is 4. The summed E-state index contributed by atoms with van der Waals surface area (Å²) in [5.74, 6) is -12.6. The van der Waals surface area contributed by atoms with Crippen molar-refractivity contribution in [1.29, 1.82) is 0 Å². The van der Waals surface area contributed by atoms with Crippen molar-refractivity contribution in [3.63, 3.8) is 0 Å². The first-order chi connectivity index (χ1) is 12.4. The number of ketones is 1. The number of methoxy groups -OCH3 is 1. The summed E-state index contributed by atoms with van der Waals surface area (Å²) >= 11 is 1.24. The molecule has 0 saturated carbocycles. The largest absolute Gasteiger partial charge is 0.496 e. The summed E-state index contributed by atoms with van der Waals surface area (Å²) < 4.78 is 72.9. The molecule has 0 radical (unpaired) electrons. The molecule has 26 heavy (non-hydrogen) atoms. The van der Waals surface area contributed by atoms with E-state index in [1.165, 1.54) is 36.8 Å². The summed E-state index contributed by atoms with van der Waals surface area (Å²) in [5, 5.41) is 2.17. The zero-order valence-corrected chi connectivity index (χ0v) is 13.8. The van der Waals surface area contributed by atoms with E-state index in [0.717, 1.165) is 0 Å². The number of rotatable bonds is 4. The van der Waals surface area contributed by atoms with Crippen LogP contribution in [0.4, 0.5) is 22.0 Å². The first kappa shape index (κ1) is 18.0. The van der Waals surface area contributed by atoms with Crippen molar-refractivity contribution >= 4 is 17.1 Å². The van der Waals surface area contributed by atoms with Gasteiger partial charge < -0.3 is 4.74 Å². The van der Waals surface area contributed by atoms with Gasteiger partial charge in [0.15, 0.2) is 23.3 Å². The average molecular weight is 385 g/mol. The molecule has 0 atom stereocenters. The van der Waals surface area contributed by atoms with Crippen LogP contribution in [0.25, 0.3) is 10.6 Å². The van der Waals surface area contributed by atoms with E-state index in [0.29, 0.717) is 10.6 Å². The lowest BCUT2D eigenvalue weighted by Gasteiger charge is -2.11. The fraction of sp³-hybridized carbons (Fsp3) is 0.0588. The van der Waals surface area contributed by atoms with E-state index in [1.54, 1.807) is 11.4 Å². The molecule has 0 spiro atoms. The molecule has 0 fully saturated rings. The highest BCUT2D eigenvalue weighted by Crippen LogP contribution is 2.32. The lowest BCUT2D eigenvalue weighted by Crippen LogP contribution is -2.14. The van der Waals surface area contributed by atoms with Crippen molar-refractivity contribution in [2.24, 2.45) is 0 Å². The number of benzene rings is 2. The van der Waals surface area contributed by atoms with Gasteiger partial charge in [0.2, 0.25) is 11.6 Å². The summed E-state index contributed by atoms with van der Waals surface area (Å²) in [7, 11) is 1.20. The quantitative estimate of drug-likeness (QED) is 0.282. The summed E-state index contributed by atoms with van der Waals surface area (Å²) in [4.78, 5) is 16.6. The van der Waals surface area contributed by atoms with Crippen LogP contribution in [0.1, 0.15) is 15.9 Å². The van der Waals surface area contributed by atoms with Crippen LogP contribution in [0.15, 0.2) is 29.8 Å². The molecule has 1 heterocycles. The molecule has 0 bridgehead atoms. The van der Waals surface area contributed by atoms with Crippen LogP contribution in [0, 0.1) is 29.1 Å². The number of carbonyl (C=O) groups is 1. The molecule has 0 N–H and O–H groups in total. The second-order valence-electron chi connectivity index (χ2n) is 5.03. The number of hydrogen-bond donors (Lipinski definition) is 0. The monoisotopic (exact) mass is 385 g/mol. The Kier molecular flexibility index (Phi) is 4.73. The van der Waals surface area contributed by atoms with Crippen molar-refractivity contribution in [1.82, 2.24) is 4.98 Å². The van der Waals surface area contributed by atoms with Gasteiger partial charge in [0.25, 0.3) is 0 Å². The first-order valence-electron chi connectivity index (χ1n) is 7.00. The standard InChI is InChI=1S/C17H8F5NO2S/c1-25-9-3-2-7(17-23-4-5-26-17)6-8(9)16(24)10-11(18)13(20)15(22)14(21)12(10)19/h2-6H,1H3. The Morgan fingerprint density at radius 2 is 1.62 bits per heavy atom. The second kappa shape index (κ2) is 6.83. The molecule has 0 aliphatic rings. The molecule has 3 aromatic rings. The van der Waals surface area contributed by atoms with Gasteiger partial charge >= 0.3 is 0 Å². The zero-order chi connectivity index (χ0) is 19.0. The first-order valence-corrected chi connectivity index (χ1v) is 7.88. The lowest BCUT2D eigenvalue weighted by molar-refractivity contribution is 0.102. The molecule has 3 nitrogen and oxygen atoms in total. The van der Waals surface area contributed by atoms with Crippen LogP contribution >= 0.6 is 11.3 Å². The number of ether oxygens (including phenoxy) is 1. The number of halogens is 5. The molecule has 0 aliphatic heterocycles. The molecule has 0 saturated heterocycles. The van der Waals surface area contributed by atoms with Crippen molar-refractivity contribution in [2.75, 3.05) is 7.11 Å². The Labute approximate surface area is 147 Å². The summed E-state index contributed by atoms with van der Waals surface area (Å²) in [6, 6.07) is 4.11. The highest BCUT2D eigenvalue weighted by molar-refractivity contribution is 7.13. The zero-order valence-electron chi connectivity index (χ0n) is 12.9. The molecule has 2 aromatic carbocycles. The van der Waals surface area contributed by atoms with E-state index in [9.17, 15) is 26.7 Å². The maximum atomic E-state index is 14.0. The summed E-state index contributed by atoms with van der Waals surface area (Å²) in [5.41, 5.74) is -1.48. The molecule has 3 rings (SSSR count). The molecule has 134 valence electrons. The third-order valence-corrected chi connectivity index (χ3v) is 4.38. The minimum absolute atomic E-state index is 0.0840. The average Bonchev–Trinajstić information content (AvgIpc) is 3.19. The van der Waals surface area contributed by atoms with Crippen LogP contribution in [-0.4, -0.2) is 17.9 Å². The van der Waals surface area contributed by atoms with E-state index in [4.69, 9.17) is 4.74 Å². The molecule has 9 heteroatoms. The van der Waals surface area contributed by atoms with Crippen LogP contribution in [0.3, 0.4) is 0 Å². The van der Waals surface area contributed by atoms with Gasteiger partial charge in [0.1, 0.15) is 16.3 Å². The third kappa shape index (κ3) is 2.84. The SMILES string of the molecule is COc1ccc(-c2nccs2)cc1C(=O)c1c(F)c(F)c(F)c(F)c1F. The normalized spacial score (nSPS) is 10.8. The maximum absolute atomic E-state index is 14.0. The highest BCUT2D eigenvalue weighted by atomic mass is 32.1. The molecule has 1 aromatic heterocycles. The summed E-state index contributed by atoms with van der Waals surface area (Å²) in [6.07, 6.45) is 1.51. The molecular weight excluding hydrogens is 377 g/mol. The lowest BCUT2D eigenvalue weighted by atomic mass is 9.98. The minimum atomic E-state index is -2.33. The molecule has 0 amide bonds. The van der Waals surface area contributed by atoms with Gasteiger partial charge in [0.05, 0.1) is 12.7 Å². The summed E-state index contributed by atoms with van der Waals surface area (Å²) in [6.45, 7) is 0. The predicted molar refractivity (Wildman–Crippen MR) is 83.8 cm³/mol. The van der Waals surface area contributed by atoms with Gasteiger partial charge in [0, 0.05) is 17.1 Å². The van der Waals surface area contributed by atoms with Crippen molar-refractivity contribution in [2.45, 2.75) is 0 Å². The van der Waals surface area contributed by atoms with Crippen LogP contribution in [-0.2, 0) is 0 Å². The van der Waals surface area contributed by atoms with Crippen molar-refractivity contribution in [3.05, 3.63) is 70.0 Å². The predicted octanol–water partition coefficient (Wildman–Crippen LogP) is 4.75. The third-order valence-electron chi connectivity index (χ3n) is 3.56. The number of aromatic nitrogens is 1. The Hall–Kier alpha value is -2.81. The van der Waals surface area contributed by atoms with Crippen LogP contribution in [0.5, 0.6) is 5.75 Å². The van der Waals surface area contributed by atoms with Crippen molar-refractivity contribution in [3.8, 4) is 16.3 Å². The molecular formula is C17H8F5NO2S.